The number of fused-ring (bicyclic) bond motifs is 3. The number of aromatic nitrogens is 2. The number of urea groups is 1. The van der Waals surface area contributed by atoms with Crippen LogP contribution in [0.5, 0.6) is 0 Å². The fraction of sp³-hybridized carbons (Fsp3) is 0.458. The Morgan fingerprint density at radius 1 is 1.37 bits per heavy atom. The van der Waals surface area contributed by atoms with Crippen molar-refractivity contribution in [3.8, 4) is 0 Å². The van der Waals surface area contributed by atoms with Crippen molar-refractivity contribution in [2.75, 3.05) is 38.9 Å². The molecule has 3 heterocycles. The van der Waals surface area contributed by atoms with Crippen molar-refractivity contribution in [3.63, 3.8) is 0 Å². The number of carbonyl (C=O) groups excluding carboxylic acids is 2. The van der Waals surface area contributed by atoms with E-state index in [1.807, 2.05) is 37.8 Å². The van der Waals surface area contributed by atoms with E-state index in [1.54, 1.807) is 18.5 Å². The molecular formula is C24H31ClN6O4. The molecule has 0 radical (unpaired) electrons. The van der Waals surface area contributed by atoms with Crippen molar-refractivity contribution >= 4 is 51.0 Å². The lowest BCUT2D eigenvalue weighted by Crippen LogP contribution is -2.60. The van der Waals surface area contributed by atoms with Crippen molar-refractivity contribution in [2.45, 2.75) is 38.5 Å². The number of benzene rings is 1. The number of nitrogens with one attached hydrogen (secondary N) is 4. The second-order valence-electron chi connectivity index (χ2n) is 9.41. The van der Waals surface area contributed by atoms with Gasteiger partial charge in [0.05, 0.1) is 35.1 Å². The quantitative estimate of drug-likeness (QED) is 0.368. The zero-order chi connectivity index (χ0) is 25.2. The lowest BCUT2D eigenvalue weighted by molar-refractivity contribution is -0.143. The minimum absolute atomic E-state index is 0.117. The molecule has 1 aliphatic rings. The van der Waals surface area contributed by atoms with E-state index in [2.05, 4.69) is 25.9 Å². The van der Waals surface area contributed by atoms with E-state index >= 15 is 0 Å². The topological polar surface area (TPSA) is 121 Å². The van der Waals surface area contributed by atoms with Gasteiger partial charge in [-0.1, -0.05) is 11.6 Å². The van der Waals surface area contributed by atoms with Crippen LogP contribution in [0.3, 0.4) is 0 Å². The van der Waals surface area contributed by atoms with Gasteiger partial charge >= 0.3 is 6.03 Å². The summed E-state index contributed by atoms with van der Waals surface area (Å²) in [4.78, 5) is 35.0. The highest BCUT2D eigenvalue weighted by Crippen LogP contribution is 2.33. The molecule has 0 bridgehead atoms. The molecule has 2 aromatic heterocycles. The Morgan fingerprint density at radius 2 is 2.17 bits per heavy atom. The summed E-state index contributed by atoms with van der Waals surface area (Å²) in [5.74, 6) is -0.211. The first-order valence-corrected chi connectivity index (χ1v) is 11.8. The van der Waals surface area contributed by atoms with Gasteiger partial charge < -0.3 is 30.4 Å². The monoisotopic (exact) mass is 502 g/mol. The predicted octanol–water partition coefficient (Wildman–Crippen LogP) is 3.08. The Balaban J connectivity index is 1.54. The van der Waals surface area contributed by atoms with Crippen LogP contribution in [-0.2, 0) is 14.3 Å². The number of nitrogens with zero attached hydrogens (tertiary/aromatic N) is 2. The third kappa shape index (κ3) is 5.84. The van der Waals surface area contributed by atoms with Crippen molar-refractivity contribution in [1.29, 1.82) is 0 Å². The van der Waals surface area contributed by atoms with Crippen LogP contribution < -0.4 is 16.0 Å². The number of aromatic amines is 1. The number of amides is 3. The Bertz CT molecular complexity index is 1230. The number of methoxy groups -OCH3 is 1. The lowest BCUT2D eigenvalue weighted by atomic mass is 10.0. The third-order valence-corrected chi connectivity index (χ3v) is 6.17. The highest BCUT2D eigenvalue weighted by Gasteiger charge is 2.38. The minimum Gasteiger partial charge on any atom is -0.372 e. The highest BCUT2D eigenvalue weighted by molar-refractivity contribution is 6.33. The lowest BCUT2D eigenvalue weighted by Gasteiger charge is -2.43. The first-order chi connectivity index (χ1) is 16.7. The fourth-order valence-electron chi connectivity index (χ4n) is 4.43. The van der Waals surface area contributed by atoms with Gasteiger partial charge in [-0.15, -0.1) is 0 Å². The van der Waals surface area contributed by atoms with Crippen LogP contribution in [0, 0.1) is 0 Å². The Labute approximate surface area is 208 Å². The summed E-state index contributed by atoms with van der Waals surface area (Å²) in [5.41, 5.74) is 1.79. The van der Waals surface area contributed by atoms with Gasteiger partial charge in [0.1, 0.15) is 12.8 Å². The highest BCUT2D eigenvalue weighted by atomic mass is 35.5. The van der Waals surface area contributed by atoms with Gasteiger partial charge in [-0.2, -0.15) is 0 Å². The molecule has 1 aromatic carbocycles. The van der Waals surface area contributed by atoms with Crippen molar-refractivity contribution in [1.82, 2.24) is 25.5 Å². The first-order valence-electron chi connectivity index (χ1n) is 11.4. The number of hydrogen-bond acceptors (Lipinski definition) is 6. The molecule has 2 atom stereocenters. The molecule has 188 valence electrons. The summed E-state index contributed by atoms with van der Waals surface area (Å²) in [7, 11) is 1.50. The van der Waals surface area contributed by atoms with Crippen LogP contribution in [0.4, 0.5) is 10.5 Å². The SMILES string of the molecule is COCNC(=O)N[C@@H](C)CN1CC(C)(C)OC[C@H]1C(=O)Nc1cc(Cl)cc2c1[nH]c1cnccc12. The van der Waals surface area contributed by atoms with Crippen molar-refractivity contribution in [2.24, 2.45) is 0 Å². The van der Waals surface area contributed by atoms with Crippen LogP contribution in [0.1, 0.15) is 20.8 Å². The van der Waals surface area contributed by atoms with Gasteiger partial charge in [-0.3, -0.25) is 14.7 Å². The van der Waals surface area contributed by atoms with E-state index in [4.69, 9.17) is 21.1 Å². The Hall–Kier alpha value is -2.92. The fourth-order valence-corrected chi connectivity index (χ4v) is 4.65. The zero-order valence-electron chi connectivity index (χ0n) is 20.3. The second-order valence-corrected chi connectivity index (χ2v) is 9.85. The summed E-state index contributed by atoms with van der Waals surface area (Å²) >= 11 is 6.40. The van der Waals surface area contributed by atoms with Crippen molar-refractivity contribution < 1.29 is 19.1 Å². The van der Waals surface area contributed by atoms with E-state index in [1.165, 1.54) is 7.11 Å². The van der Waals surface area contributed by atoms with Crippen LogP contribution in [0.25, 0.3) is 21.8 Å². The molecule has 3 aromatic rings. The van der Waals surface area contributed by atoms with E-state index in [0.29, 0.717) is 23.8 Å². The van der Waals surface area contributed by atoms with E-state index in [-0.39, 0.29) is 31.3 Å². The van der Waals surface area contributed by atoms with E-state index in [9.17, 15) is 9.59 Å². The Morgan fingerprint density at radius 3 is 2.94 bits per heavy atom. The number of anilines is 1. The largest absolute Gasteiger partial charge is 0.372 e. The molecule has 35 heavy (non-hydrogen) atoms. The molecule has 0 saturated carbocycles. The van der Waals surface area contributed by atoms with Crippen LogP contribution in [0.2, 0.25) is 5.02 Å². The standard InChI is InChI=1S/C24H31ClN6O4/c1-14(28-23(33)27-13-34-4)10-31-12-24(2,3)35-11-20(31)22(32)30-18-8-15(25)7-17-16-5-6-26-9-19(16)29-21(17)18/h5-9,14,20,29H,10-13H2,1-4H3,(H,30,32)(H2,27,28,33)/t14-,20-/m0/s1. The minimum atomic E-state index is -0.547. The van der Waals surface area contributed by atoms with Crippen LogP contribution in [0.15, 0.2) is 30.6 Å². The number of morpholine rings is 1. The Kier molecular flexibility index (Phi) is 7.46. The molecule has 0 aliphatic carbocycles. The number of pyridine rings is 1. The maximum absolute atomic E-state index is 13.5. The molecule has 4 N–H and O–H groups in total. The smallest absolute Gasteiger partial charge is 0.316 e. The molecule has 1 aliphatic heterocycles. The van der Waals surface area contributed by atoms with Crippen molar-refractivity contribution in [3.05, 3.63) is 35.6 Å². The number of H-pyrrole nitrogens is 1. The molecule has 1 fully saturated rings. The number of hydrogen-bond donors (Lipinski definition) is 4. The van der Waals surface area contributed by atoms with E-state index in [0.717, 1.165) is 21.8 Å². The molecule has 11 heteroatoms. The second kappa shape index (κ2) is 10.4. The summed E-state index contributed by atoms with van der Waals surface area (Å²) in [6.45, 7) is 7.19. The third-order valence-electron chi connectivity index (χ3n) is 5.95. The number of rotatable bonds is 7. The molecule has 3 amide bonds. The van der Waals surface area contributed by atoms with E-state index < -0.39 is 11.6 Å². The number of halogens is 1. The zero-order valence-corrected chi connectivity index (χ0v) is 21.0. The van der Waals surface area contributed by atoms with Crippen LogP contribution in [-0.4, -0.2) is 78.0 Å². The average molecular weight is 503 g/mol. The van der Waals surface area contributed by atoms with Crippen LogP contribution >= 0.6 is 11.6 Å². The summed E-state index contributed by atoms with van der Waals surface area (Å²) < 4.78 is 10.8. The van der Waals surface area contributed by atoms with Gasteiger partial charge in [0, 0.05) is 48.2 Å². The van der Waals surface area contributed by atoms with Gasteiger partial charge in [0.2, 0.25) is 5.91 Å². The predicted molar refractivity (Wildman–Crippen MR) is 136 cm³/mol. The van der Waals surface area contributed by atoms with Gasteiger partial charge in [-0.25, -0.2) is 4.79 Å². The summed E-state index contributed by atoms with van der Waals surface area (Å²) in [6.07, 6.45) is 3.46. The molecule has 0 unspecified atom stereocenters. The maximum Gasteiger partial charge on any atom is 0.316 e. The average Bonchev–Trinajstić information content (AvgIpc) is 3.16. The normalized spacial score (nSPS) is 18.9. The van der Waals surface area contributed by atoms with Gasteiger partial charge in [0.15, 0.2) is 0 Å². The summed E-state index contributed by atoms with van der Waals surface area (Å²) in [5, 5.41) is 10.9. The number of carbonyl (C=O) groups is 2. The molecule has 10 nitrogen and oxygen atoms in total. The molecule has 4 rings (SSSR count). The number of ether oxygens (including phenoxy) is 2. The molecular weight excluding hydrogens is 472 g/mol. The molecule has 0 spiro atoms. The molecule has 1 saturated heterocycles. The maximum atomic E-state index is 13.5. The first kappa shape index (κ1) is 25.2. The summed E-state index contributed by atoms with van der Waals surface area (Å²) in [6, 6.07) is 4.41. The van der Waals surface area contributed by atoms with Gasteiger partial charge in [0.25, 0.3) is 0 Å². The van der Waals surface area contributed by atoms with Gasteiger partial charge in [-0.05, 0) is 39.0 Å².